The number of rotatable bonds is 11. The van der Waals surface area contributed by atoms with E-state index >= 15 is 0 Å². The Balaban J connectivity index is 0.984. The molecule has 3 atom stereocenters. The number of nitrogens with zero attached hydrogens (tertiary/aromatic N) is 6. The fraction of sp³-hybridized carbons (Fsp3) is 0.453. The van der Waals surface area contributed by atoms with E-state index in [9.17, 15) is 14.3 Å². The van der Waals surface area contributed by atoms with Crippen LogP contribution in [0.5, 0.6) is 23.1 Å². The summed E-state index contributed by atoms with van der Waals surface area (Å²) in [5.74, 6) is 0.559. The van der Waals surface area contributed by atoms with Gasteiger partial charge in [-0.3, -0.25) is 4.90 Å². The van der Waals surface area contributed by atoms with Crippen LogP contribution in [0, 0.1) is 19.7 Å². The summed E-state index contributed by atoms with van der Waals surface area (Å²) < 4.78 is 58.4. The Kier molecular flexibility index (Phi) is 15.7. The number of likely N-dealkylation sites (N-methyl/N-ethyl adjacent to an activating group) is 1. The third kappa shape index (κ3) is 11.3. The van der Waals surface area contributed by atoms with Crippen molar-refractivity contribution in [1.82, 2.24) is 29.7 Å². The van der Waals surface area contributed by atoms with Gasteiger partial charge in [0.15, 0.2) is 5.75 Å². The van der Waals surface area contributed by atoms with Gasteiger partial charge in [0, 0.05) is 67.3 Å². The van der Waals surface area contributed by atoms with Crippen LogP contribution in [0.2, 0.25) is 10.0 Å². The van der Waals surface area contributed by atoms with Gasteiger partial charge in [-0.05, 0) is 105 Å². The molecule has 3 aromatic carbocycles. The van der Waals surface area contributed by atoms with Crippen LogP contribution in [-0.2, 0) is 32.0 Å². The van der Waals surface area contributed by atoms with Crippen LogP contribution in [0.15, 0.2) is 61.1 Å². The number of aromatic nitrogens is 4. The fourth-order valence-electron chi connectivity index (χ4n) is 9.92. The van der Waals surface area contributed by atoms with Crippen LogP contribution in [0.1, 0.15) is 59.8 Å². The Bertz CT molecular complexity index is 2860. The molecular weight excluding hydrogens is 987 g/mol. The highest BCUT2D eigenvalue weighted by atomic mass is 35.5. The number of carboxylic acids is 1. The molecule has 0 spiro atoms. The number of fused-ring (bicyclic) bond motifs is 7. The predicted molar refractivity (Wildman–Crippen MR) is 272 cm³/mol. The number of thiophene rings is 1. The summed E-state index contributed by atoms with van der Waals surface area (Å²) >= 11 is 16.0. The molecule has 15 nitrogen and oxygen atoms in total. The summed E-state index contributed by atoms with van der Waals surface area (Å²) in [7, 11) is 2.11. The maximum Gasteiger partial charge on any atom is 0.345 e. The minimum atomic E-state index is -1.46. The molecule has 72 heavy (non-hydrogen) atoms. The summed E-state index contributed by atoms with van der Waals surface area (Å²) in [6, 6.07) is 13.3. The first kappa shape index (κ1) is 50.3. The third-order valence-electron chi connectivity index (χ3n) is 13.9. The van der Waals surface area contributed by atoms with E-state index in [-0.39, 0.29) is 43.6 Å². The van der Waals surface area contributed by atoms with Crippen molar-refractivity contribution in [2.24, 2.45) is 0 Å². The fourth-order valence-corrected chi connectivity index (χ4v) is 11.6. The van der Waals surface area contributed by atoms with Gasteiger partial charge in [-0.15, -0.1) is 11.3 Å². The molecule has 0 unspecified atom stereocenters. The number of hydrogen-bond acceptors (Lipinski definition) is 15. The second-order valence-corrected chi connectivity index (χ2v) is 20.7. The largest absolute Gasteiger partial charge is 0.490 e. The molecule has 4 aliphatic heterocycles. The molecule has 3 fully saturated rings. The number of halogens is 3. The molecule has 1 N–H and O–H groups in total. The lowest BCUT2D eigenvalue weighted by Gasteiger charge is -2.35. The molecule has 380 valence electrons. The Hall–Kier alpha value is -5.24. The van der Waals surface area contributed by atoms with Gasteiger partial charge in [0.1, 0.15) is 59.7 Å². The molecule has 4 bridgehead atoms. The standard InChI is InChI=1S/C53H57Cl2FN6O9S/c1-30-43-31(2)47(55)48(46(30)54)70-39(24-62-18-16-61(3)17-19-62)27-68-38-12-13-41(69-25-36-14-15-57-50(60-36)33-6-10-37(11-7-33)67-28-40-26-65-20-21-66-40)34(22-38)23-42(53(63)64)71-51-45-44(43)49(72-52(45)59-29-58-51)32-4-8-35(56)9-5-32/h4-5,8-9,12-15,22,29,33,37,39-40,42H,6-7,10-11,16-21,23-28H2,1-3H3,(H,63,64)/t33-,37-,39-,40-,42-/m1/s1. The SMILES string of the molecule is Cc1c(Cl)c2c(Cl)c(C)c1-c1c(-c3ccc(F)cc3)sc3ncnc(c13)O[C@@H](C(=O)O)Cc1cc(ccc1OCc1ccnc([C@H]3CC[C@H](OC[C@H]4COCCO4)CC3)n1)OC[C@@H](CN1CCN(C)CC1)O2. The molecule has 2 saturated heterocycles. The van der Waals surface area contributed by atoms with Crippen molar-refractivity contribution in [3.8, 4) is 44.7 Å². The molecule has 0 amide bonds. The number of carboxylic acid groups (broad SMARTS) is 1. The van der Waals surface area contributed by atoms with Gasteiger partial charge in [-0.25, -0.2) is 29.1 Å². The van der Waals surface area contributed by atoms with Crippen LogP contribution in [0.4, 0.5) is 4.39 Å². The first-order chi connectivity index (χ1) is 34.9. The second kappa shape index (κ2) is 22.5. The molecule has 7 heterocycles. The van der Waals surface area contributed by atoms with Gasteiger partial charge in [0.05, 0.1) is 53.7 Å². The Labute approximate surface area is 431 Å². The van der Waals surface area contributed by atoms with E-state index in [1.54, 1.807) is 36.5 Å². The van der Waals surface area contributed by atoms with Crippen molar-refractivity contribution in [3.63, 3.8) is 0 Å². The Morgan fingerprint density at radius 3 is 2.42 bits per heavy atom. The van der Waals surface area contributed by atoms with Crippen molar-refractivity contribution in [2.75, 3.05) is 72.8 Å². The topological polar surface area (TPSA) is 160 Å². The van der Waals surface area contributed by atoms with Crippen molar-refractivity contribution in [3.05, 3.63) is 105 Å². The van der Waals surface area contributed by atoms with Crippen LogP contribution in [0.3, 0.4) is 0 Å². The molecule has 5 aliphatic rings. The zero-order chi connectivity index (χ0) is 49.9. The summed E-state index contributed by atoms with van der Waals surface area (Å²) in [6.07, 6.45) is 4.67. The van der Waals surface area contributed by atoms with Gasteiger partial charge in [-0.1, -0.05) is 35.3 Å². The molecule has 1 saturated carbocycles. The zero-order valence-electron chi connectivity index (χ0n) is 40.4. The lowest BCUT2D eigenvalue weighted by atomic mass is 9.86. The normalized spacial score (nSPS) is 22.2. The van der Waals surface area contributed by atoms with Crippen molar-refractivity contribution in [1.29, 1.82) is 0 Å². The Morgan fingerprint density at radius 2 is 1.68 bits per heavy atom. The number of benzene rings is 3. The maximum atomic E-state index is 14.4. The van der Waals surface area contributed by atoms with E-state index < -0.39 is 24.0 Å². The Morgan fingerprint density at radius 1 is 0.903 bits per heavy atom. The zero-order valence-corrected chi connectivity index (χ0v) is 42.7. The first-order valence-corrected chi connectivity index (χ1v) is 26.0. The predicted octanol–water partition coefficient (Wildman–Crippen LogP) is 9.38. The molecule has 0 radical (unpaired) electrons. The highest BCUT2D eigenvalue weighted by Crippen LogP contribution is 2.53. The van der Waals surface area contributed by atoms with E-state index in [1.165, 1.54) is 29.8 Å². The minimum absolute atomic E-state index is 0.0262. The van der Waals surface area contributed by atoms with Gasteiger partial charge in [0.25, 0.3) is 0 Å². The number of ether oxygens (including phenoxy) is 7. The van der Waals surface area contributed by atoms with E-state index in [0.29, 0.717) is 114 Å². The summed E-state index contributed by atoms with van der Waals surface area (Å²) in [5.41, 5.74) is 4.49. The third-order valence-corrected chi connectivity index (χ3v) is 16.0. The van der Waals surface area contributed by atoms with E-state index in [2.05, 4.69) is 31.8 Å². The molecule has 1 aliphatic carbocycles. The highest BCUT2D eigenvalue weighted by molar-refractivity contribution is 7.22. The van der Waals surface area contributed by atoms with Crippen molar-refractivity contribution >= 4 is 50.7 Å². The van der Waals surface area contributed by atoms with E-state index in [4.69, 9.17) is 61.3 Å². The summed E-state index contributed by atoms with van der Waals surface area (Å²) in [6.45, 7) is 10.3. The lowest BCUT2D eigenvalue weighted by Crippen LogP contribution is -2.49. The van der Waals surface area contributed by atoms with E-state index in [1.807, 2.05) is 19.9 Å². The quantitative estimate of drug-likeness (QED) is 0.131. The summed E-state index contributed by atoms with van der Waals surface area (Å²) in [5, 5.41) is 12.0. The monoisotopic (exact) mass is 1040 g/mol. The second-order valence-electron chi connectivity index (χ2n) is 18.9. The van der Waals surface area contributed by atoms with Gasteiger partial charge in [0.2, 0.25) is 12.0 Å². The van der Waals surface area contributed by atoms with Crippen molar-refractivity contribution < 1.29 is 47.4 Å². The number of aliphatic carboxylic acids is 1. The molecule has 11 rings (SSSR count). The number of piperazine rings is 1. The summed E-state index contributed by atoms with van der Waals surface area (Å²) in [4.78, 5) is 38.1. The average molecular weight is 1040 g/mol. The molecular formula is C53H57Cl2FN6O9S. The number of carbonyl (C=O) groups is 1. The maximum absolute atomic E-state index is 14.4. The molecule has 6 aromatic rings. The van der Waals surface area contributed by atoms with Gasteiger partial charge in [-0.2, -0.15) is 0 Å². The first-order valence-electron chi connectivity index (χ1n) is 24.5. The average Bonchev–Trinajstić information content (AvgIpc) is 3.78. The lowest BCUT2D eigenvalue weighted by molar-refractivity contribution is -0.145. The molecule has 19 heteroatoms. The van der Waals surface area contributed by atoms with E-state index in [0.717, 1.165) is 57.7 Å². The minimum Gasteiger partial charge on any atom is -0.490 e. The van der Waals surface area contributed by atoms with Crippen LogP contribution in [0.25, 0.3) is 31.8 Å². The van der Waals surface area contributed by atoms with Crippen LogP contribution < -0.4 is 18.9 Å². The van der Waals surface area contributed by atoms with Gasteiger partial charge >= 0.3 is 5.97 Å². The smallest absolute Gasteiger partial charge is 0.345 e. The molecule has 3 aromatic heterocycles. The highest BCUT2D eigenvalue weighted by Gasteiger charge is 2.33. The van der Waals surface area contributed by atoms with Gasteiger partial charge < -0.3 is 43.2 Å². The number of hydrogen-bond donors (Lipinski definition) is 1. The van der Waals surface area contributed by atoms with Crippen molar-refractivity contribution in [2.45, 2.75) is 82.9 Å². The van der Waals surface area contributed by atoms with Crippen LogP contribution in [-0.4, -0.2) is 138 Å². The van der Waals surface area contributed by atoms with Crippen LogP contribution >= 0.6 is 34.5 Å².